The number of para-hydroxylation sites is 3. The van der Waals surface area contributed by atoms with Crippen molar-refractivity contribution in [1.82, 2.24) is 4.57 Å². The molecule has 0 bridgehead atoms. The largest absolute Gasteiger partial charge is 0.311 e. The monoisotopic (exact) mass is 956 g/mol. The Labute approximate surface area is 438 Å². The molecule has 0 saturated heterocycles. The van der Waals surface area contributed by atoms with Crippen LogP contribution in [-0.2, 0) is 5.41 Å². The summed E-state index contributed by atoms with van der Waals surface area (Å²) in [6, 6.07) is 103. The lowest BCUT2D eigenvalue weighted by Gasteiger charge is -2.26. The van der Waals surface area contributed by atoms with E-state index in [1.165, 1.54) is 116 Å². The van der Waals surface area contributed by atoms with Crippen LogP contribution in [0.15, 0.2) is 279 Å². The second-order valence-electron chi connectivity index (χ2n) is 20.5. The molecule has 13 aromatic rings. The zero-order chi connectivity index (χ0) is 50.0. The van der Waals surface area contributed by atoms with Gasteiger partial charge < -0.3 is 9.47 Å². The van der Waals surface area contributed by atoms with E-state index in [4.69, 9.17) is 0 Å². The molecule has 0 atom stereocenters. The van der Waals surface area contributed by atoms with E-state index in [0.717, 1.165) is 17.1 Å². The number of hydrogen-bond donors (Lipinski definition) is 0. The minimum Gasteiger partial charge on any atom is -0.311 e. The van der Waals surface area contributed by atoms with E-state index in [0.29, 0.717) is 0 Å². The summed E-state index contributed by atoms with van der Waals surface area (Å²) in [6.45, 7) is 4.70. The molecule has 1 aromatic heterocycles. The Bertz CT molecular complexity index is 4240. The van der Waals surface area contributed by atoms with Crippen LogP contribution in [0.1, 0.15) is 25.0 Å². The fourth-order valence-electron chi connectivity index (χ4n) is 11.9. The highest BCUT2D eigenvalue weighted by molar-refractivity contribution is 6.09. The van der Waals surface area contributed by atoms with Crippen LogP contribution in [-0.4, -0.2) is 4.57 Å². The van der Waals surface area contributed by atoms with Crippen LogP contribution in [0, 0.1) is 0 Å². The molecule has 0 saturated carbocycles. The average molecular weight is 957 g/mol. The van der Waals surface area contributed by atoms with Gasteiger partial charge in [0.15, 0.2) is 0 Å². The zero-order valence-corrected chi connectivity index (χ0v) is 42.0. The van der Waals surface area contributed by atoms with Gasteiger partial charge >= 0.3 is 0 Å². The van der Waals surface area contributed by atoms with Crippen molar-refractivity contribution < 1.29 is 0 Å². The molecule has 1 heterocycles. The molecule has 14 rings (SSSR count). The lowest BCUT2D eigenvalue weighted by atomic mass is 9.81. The van der Waals surface area contributed by atoms with Gasteiger partial charge in [0.1, 0.15) is 0 Å². The predicted molar refractivity (Wildman–Crippen MR) is 318 cm³/mol. The van der Waals surface area contributed by atoms with Crippen LogP contribution in [0.2, 0.25) is 0 Å². The van der Waals surface area contributed by atoms with Crippen LogP contribution in [0.4, 0.5) is 17.1 Å². The average Bonchev–Trinajstić information content (AvgIpc) is 3.97. The second kappa shape index (κ2) is 17.9. The zero-order valence-electron chi connectivity index (χ0n) is 42.0. The van der Waals surface area contributed by atoms with E-state index in [9.17, 15) is 0 Å². The third-order valence-electron chi connectivity index (χ3n) is 15.8. The number of rotatable bonds is 9. The van der Waals surface area contributed by atoms with Gasteiger partial charge in [-0.3, -0.25) is 0 Å². The van der Waals surface area contributed by atoms with E-state index in [1.807, 2.05) is 0 Å². The van der Waals surface area contributed by atoms with Gasteiger partial charge in [0.25, 0.3) is 0 Å². The maximum Gasteiger partial charge on any atom is 0.0541 e. The van der Waals surface area contributed by atoms with Crippen LogP contribution in [0.25, 0.3) is 105 Å². The molecule has 0 N–H and O–H groups in total. The van der Waals surface area contributed by atoms with Crippen LogP contribution >= 0.6 is 0 Å². The van der Waals surface area contributed by atoms with Gasteiger partial charge in [-0.25, -0.2) is 0 Å². The summed E-state index contributed by atoms with van der Waals surface area (Å²) in [7, 11) is 0. The molecule has 0 radical (unpaired) electrons. The lowest BCUT2D eigenvalue weighted by molar-refractivity contribution is 0.660. The van der Waals surface area contributed by atoms with E-state index in [2.05, 4.69) is 302 Å². The summed E-state index contributed by atoms with van der Waals surface area (Å²) in [5.74, 6) is 0. The Morgan fingerprint density at radius 1 is 0.280 bits per heavy atom. The van der Waals surface area contributed by atoms with Gasteiger partial charge in [-0.15, -0.1) is 0 Å². The first-order chi connectivity index (χ1) is 36.9. The molecule has 2 heteroatoms. The van der Waals surface area contributed by atoms with Crippen molar-refractivity contribution in [1.29, 1.82) is 0 Å². The summed E-state index contributed by atoms with van der Waals surface area (Å²) >= 11 is 0. The molecule has 354 valence electrons. The number of fused-ring (bicyclic) bond motifs is 7. The maximum atomic E-state index is 2.41. The minimum atomic E-state index is -0.0589. The molecule has 1 aliphatic rings. The Morgan fingerprint density at radius 3 is 1.35 bits per heavy atom. The molecular formula is C73H52N2. The van der Waals surface area contributed by atoms with Crippen molar-refractivity contribution in [2.45, 2.75) is 19.3 Å². The molecule has 0 spiro atoms. The number of nitrogens with zero attached hydrogens (tertiary/aromatic N) is 2. The number of hydrogen-bond acceptors (Lipinski definition) is 1. The highest BCUT2D eigenvalue weighted by atomic mass is 15.1. The lowest BCUT2D eigenvalue weighted by Crippen LogP contribution is -2.14. The first-order valence-electron chi connectivity index (χ1n) is 26.1. The molecule has 75 heavy (non-hydrogen) atoms. The van der Waals surface area contributed by atoms with E-state index < -0.39 is 0 Å². The summed E-state index contributed by atoms with van der Waals surface area (Å²) in [5, 5.41) is 5.03. The second-order valence-corrected chi connectivity index (χ2v) is 20.5. The van der Waals surface area contributed by atoms with Crippen LogP contribution in [0.5, 0.6) is 0 Å². The summed E-state index contributed by atoms with van der Waals surface area (Å²) < 4.78 is 2.41. The van der Waals surface area contributed by atoms with E-state index >= 15 is 0 Å². The third kappa shape index (κ3) is 7.65. The van der Waals surface area contributed by atoms with Crippen molar-refractivity contribution >= 4 is 49.6 Å². The quantitative estimate of drug-likeness (QED) is 0.140. The summed E-state index contributed by atoms with van der Waals surface area (Å²) in [6.07, 6.45) is 0. The number of aromatic nitrogens is 1. The van der Waals surface area contributed by atoms with E-state index in [1.54, 1.807) is 0 Å². The summed E-state index contributed by atoms with van der Waals surface area (Å²) in [4.78, 5) is 2.37. The highest BCUT2D eigenvalue weighted by Crippen LogP contribution is 2.50. The minimum absolute atomic E-state index is 0.0589. The van der Waals surface area contributed by atoms with Crippen molar-refractivity contribution in [3.05, 3.63) is 290 Å². The molecule has 0 aliphatic heterocycles. The number of benzene rings is 12. The Hall–Kier alpha value is -9.50. The maximum absolute atomic E-state index is 2.41. The molecular weight excluding hydrogens is 905 g/mol. The molecule has 0 unspecified atom stereocenters. The van der Waals surface area contributed by atoms with Crippen LogP contribution in [0.3, 0.4) is 0 Å². The molecule has 2 nitrogen and oxygen atoms in total. The smallest absolute Gasteiger partial charge is 0.0541 e. The third-order valence-corrected chi connectivity index (χ3v) is 15.8. The predicted octanol–water partition coefficient (Wildman–Crippen LogP) is 20.0. The highest BCUT2D eigenvalue weighted by Gasteiger charge is 2.35. The Balaban J connectivity index is 0.793. The SMILES string of the molecule is CC1(C)c2ccccc2-c2ccc(-c3ccc(N(c4ccc(-c5ccc(-c6ccccc6-n6c7ccccc7c7ccccc76)cc5)cc4)c4ccc(-c5cccc(-c6ccc7ccccc7c6)c5)cc4)cc3)cc21. The Kier molecular flexibility index (Phi) is 10.6. The normalized spacial score (nSPS) is 12.5. The van der Waals surface area contributed by atoms with Gasteiger partial charge in [-0.2, -0.15) is 0 Å². The van der Waals surface area contributed by atoms with Gasteiger partial charge in [-0.1, -0.05) is 220 Å². The fourth-order valence-corrected chi connectivity index (χ4v) is 11.9. The molecule has 0 amide bonds. The van der Waals surface area contributed by atoms with Gasteiger partial charge in [0.05, 0.1) is 16.7 Å². The fraction of sp³-hybridized carbons (Fsp3) is 0.0411. The first kappa shape index (κ1) is 44.2. The topological polar surface area (TPSA) is 8.17 Å². The van der Waals surface area contributed by atoms with Gasteiger partial charge in [0, 0.05) is 38.8 Å². The Morgan fingerprint density at radius 2 is 0.707 bits per heavy atom. The van der Waals surface area contributed by atoms with Crippen LogP contribution < -0.4 is 4.90 Å². The van der Waals surface area contributed by atoms with Crippen molar-refractivity contribution in [3.8, 4) is 72.4 Å². The van der Waals surface area contributed by atoms with Gasteiger partial charge in [0.2, 0.25) is 0 Å². The molecule has 1 aliphatic carbocycles. The van der Waals surface area contributed by atoms with E-state index in [-0.39, 0.29) is 5.41 Å². The van der Waals surface area contributed by atoms with Crippen molar-refractivity contribution in [3.63, 3.8) is 0 Å². The van der Waals surface area contributed by atoms with Crippen molar-refractivity contribution in [2.75, 3.05) is 4.90 Å². The number of anilines is 3. The standard InChI is InChI=1S/C73H52N2/c1-73(2)68-22-9-5-19-64(68)65-45-38-59(48-69(65)73)53-36-43-62(44-37-53)74(61-41-34-52(35-42-61)56-16-13-17-57(46-56)58-31-28-49-14-3-4-15-55(49)47-58)60-39-32-51(33-40-60)50-26-29-54(30-27-50)63-18-6-10-23-70(63)75-71-24-11-7-20-66(71)67-21-8-12-25-72(67)75/h3-48H,1-2H3. The van der Waals surface area contributed by atoms with Gasteiger partial charge in [-0.05, 0) is 156 Å². The first-order valence-corrected chi connectivity index (χ1v) is 26.1. The summed E-state index contributed by atoms with van der Waals surface area (Å²) in [5.41, 5.74) is 24.2. The molecule has 0 fully saturated rings. The molecule has 12 aromatic carbocycles. The van der Waals surface area contributed by atoms with Crippen molar-refractivity contribution in [2.24, 2.45) is 0 Å².